The minimum Gasteiger partial charge on any atom is -0.317 e. The van der Waals surface area contributed by atoms with E-state index in [1.807, 2.05) is 0 Å². The molecule has 0 heterocycles. The molecule has 66 valence electrons. The third-order valence-electron chi connectivity index (χ3n) is 2.54. The van der Waals surface area contributed by atoms with Crippen LogP contribution in [-0.2, 0) is 0 Å². The molecule has 0 aromatic heterocycles. The zero-order valence-electron chi connectivity index (χ0n) is 7.18. The van der Waals surface area contributed by atoms with Gasteiger partial charge in [-0.05, 0) is 12.8 Å². The van der Waals surface area contributed by atoms with Crippen LogP contribution in [0.2, 0.25) is 0 Å². The van der Waals surface area contributed by atoms with Crippen molar-refractivity contribution in [2.24, 2.45) is 0 Å². The highest BCUT2D eigenvalue weighted by Gasteiger charge is 2.07. The van der Waals surface area contributed by atoms with Crippen LogP contribution in [-0.4, -0.2) is 11.2 Å². The summed E-state index contributed by atoms with van der Waals surface area (Å²) in [5.74, 6) is 0. The SMILES string of the molecule is ONC1CCCCCCCC1. The molecule has 0 aromatic rings. The summed E-state index contributed by atoms with van der Waals surface area (Å²) in [4.78, 5) is 0. The van der Waals surface area contributed by atoms with Gasteiger partial charge in [0.05, 0.1) is 0 Å². The summed E-state index contributed by atoms with van der Waals surface area (Å²) < 4.78 is 0. The summed E-state index contributed by atoms with van der Waals surface area (Å²) in [6.07, 6.45) is 10.3. The molecule has 1 aliphatic rings. The van der Waals surface area contributed by atoms with Gasteiger partial charge in [0.25, 0.3) is 0 Å². The molecule has 0 unspecified atom stereocenters. The van der Waals surface area contributed by atoms with Crippen LogP contribution in [0.4, 0.5) is 0 Å². The first-order valence-corrected chi connectivity index (χ1v) is 4.83. The highest BCUT2D eigenvalue weighted by Crippen LogP contribution is 2.16. The second-order valence-corrected chi connectivity index (χ2v) is 3.52. The van der Waals surface area contributed by atoms with Gasteiger partial charge in [-0.15, -0.1) is 0 Å². The maximum Gasteiger partial charge on any atom is 0.0319 e. The van der Waals surface area contributed by atoms with Gasteiger partial charge in [-0.3, -0.25) is 0 Å². The summed E-state index contributed by atoms with van der Waals surface area (Å²) in [6, 6.07) is 0.369. The smallest absolute Gasteiger partial charge is 0.0319 e. The molecule has 1 fully saturated rings. The molecule has 0 aromatic carbocycles. The molecule has 11 heavy (non-hydrogen) atoms. The lowest BCUT2D eigenvalue weighted by molar-refractivity contribution is 0.115. The maximum absolute atomic E-state index is 8.75. The Morgan fingerprint density at radius 3 is 1.73 bits per heavy atom. The molecule has 2 heteroatoms. The van der Waals surface area contributed by atoms with Crippen LogP contribution in [0.3, 0.4) is 0 Å². The van der Waals surface area contributed by atoms with Crippen LogP contribution < -0.4 is 5.48 Å². The van der Waals surface area contributed by atoms with Crippen molar-refractivity contribution in [2.45, 2.75) is 57.4 Å². The molecule has 0 spiro atoms. The number of hydrogen-bond donors (Lipinski definition) is 2. The lowest BCUT2D eigenvalue weighted by atomic mass is 10.1. The van der Waals surface area contributed by atoms with Crippen LogP contribution in [0.5, 0.6) is 0 Å². The van der Waals surface area contributed by atoms with Crippen molar-refractivity contribution in [2.75, 3.05) is 0 Å². The van der Waals surface area contributed by atoms with E-state index in [4.69, 9.17) is 5.21 Å². The van der Waals surface area contributed by atoms with Gasteiger partial charge in [-0.1, -0.05) is 38.5 Å². The molecule has 2 nitrogen and oxygen atoms in total. The Kier molecular flexibility index (Phi) is 4.55. The number of hydroxylamine groups is 1. The second-order valence-electron chi connectivity index (χ2n) is 3.52. The number of nitrogens with one attached hydrogen (secondary N) is 1. The monoisotopic (exact) mass is 157 g/mol. The van der Waals surface area contributed by atoms with Crippen molar-refractivity contribution in [3.8, 4) is 0 Å². The standard InChI is InChI=1S/C9H19NO/c11-10-9-7-5-3-1-2-4-6-8-9/h9-11H,1-8H2. The van der Waals surface area contributed by atoms with Crippen molar-refractivity contribution in [3.05, 3.63) is 0 Å². The van der Waals surface area contributed by atoms with E-state index in [2.05, 4.69) is 5.48 Å². The fourth-order valence-corrected chi connectivity index (χ4v) is 1.76. The van der Waals surface area contributed by atoms with Crippen LogP contribution in [0, 0.1) is 0 Å². The van der Waals surface area contributed by atoms with E-state index in [0.717, 1.165) is 12.8 Å². The van der Waals surface area contributed by atoms with Gasteiger partial charge in [-0.2, -0.15) is 0 Å². The first-order chi connectivity index (χ1) is 5.43. The molecular formula is C9H19NO. The molecule has 2 N–H and O–H groups in total. The number of hydrogen-bond acceptors (Lipinski definition) is 2. The van der Waals surface area contributed by atoms with Gasteiger partial charge in [-0.25, -0.2) is 5.48 Å². The molecule has 1 aliphatic carbocycles. The summed E-state index contributed by atoms with van der Waals surface area (Å²) in [5, 5.41) is 8.75. The molecule has 1 saturated carbocycles. The summed E-state index contributed by atoms with van der Waals surface area (Å²) >= 11 is 0. The van der Waals surface area contributed by atoms with Crippen LogP contribution in [0.1, 0.15) is 51.4 Å². The Balaban J connectivity index is 2.19. The Bertz CT molecular complexity index is 85.6. The molecule has 0 radical (unpaired) electrons. The Labute approximate surface area is 69.0 Å². The number of rotatable bonds is 1. The quantitative estimate of drug-likeness (QED) is 0.573. The first kappa shape index (κ1) is 9.01. The molecule has 0 bridgehead atoms. The summed E-state index contributed by atoms with van der Waals surface area (Å²) in [6.45, 7) is 0. The third-order valence-corrected chi connectivity index (χ3v) is 2.54. The topological polar surface area (TPSA) is 32.3 Å². The molecule has 0 amide bonds. The molecule has 0 aliphatic heterocycles. The average Bonchev–Trinajstić information content (AvgIpc) is 2.16. The summed E-state index contributed by atoms with van der Waals surface area (Å²) in [7, 11) is 0. The average molecular weight is 157 g/mol. The van der Waals surface area contributed by atoms with Crippen molar-refractivity contribution in [3.63, 3.8) is 0 Å². The van der Waals surface area contributed by atoms with Gasteiger partial charge < -0.3 is 5.21 Å². The van der Waals surface area contributed by atoms with E-state index < -0.39 is 0 Å². The Morgan fingerprint density at radius 1 is 0.818 bits per heavy atom. The van der Waals surface area contributed by atoms with Crippen LogP contribution in [0.25, 0.3) is 0 Å². The van der Waals surface area contributed by atoms with E-state index in [-0.39, 0.29) is 0 Å². The third kappa shape index (κ3) is 3.73. The van der Waals surface area contributed by atoms with Crippen molar-refractivity contribution in [1.29, 1.82) is 0 Å². The largest absolute Gasteiger partial charge is 0.317 e. The predicted molar refractivity (Wildman–Crippen MR) is 45.6 cm³/mol. The minimum absolute atomic E-state index is 0.369. The zero-order chi connectivity index (χ0) is 7.94. The van der Waals surface area contributed by atoms with Crippen LogP contribution >= 0.6 is 0 Å². The fourth-order valence-electron chi connectivity index (χ4n) is 1.76. The Hall–Kier alpha value is -0.0800. The van der Waals surface area contributed by atoms with Gasteiger partial charge in [0.2, 0.25) is 0 Å². The van der Waals surface area contributed by atoms with E-state index in [9.17, 15) is 0 Å². The van der Waals surface area contributed by atoms with Gasteiger partial charge in [0, 0.05) is 6.04 Å². The lowest BCUT2D eigenvalue weighted by Crippen LogP contribution is -2.25. The van der Waals surface area contributed by atoms with Gasteiger partial charge >= 0.3 is 0 Å². The molecule has 1 rings (SSSR count). The first-order valence-electron chi connectivity index (χ1n) is 4.83. The van der Waals surface area contributed by atoms with Crippen LogP contribution in [0.15, 0.2) is 0 Å². The zero-order valence-corrected chi connectivity index (χ0v) is 7.18. The van der Waals surface area contributed by atoms with Gasteiger partial charge in [0.1, 0.15) is 0 Å². The summed E-state index contributed by atoms with van der Waals surface area (Å²) in [5.41, 5.74) is 2.40. The lowest BCUT2D eigenvalue weighted by Gasteiger charge is -2.12. The Morgan fingerprint density at radius 2 is 1.27 bits per heavy atom. The molecular weight excluding hydrogens is 138 g/mol. The van der Waals surface area contributed by atoms with Crippen molar-refractivity contribution < 1.29 is 5.21 Å². The predicted octanol–water partition coefficient (Wildman–Crippen LogP) is 2.47. The highest BCUT2D eigenvalue weighted by molar-refractivity contribution is 4.64. The van der Waals surface area contributed by atoms with Crippen molar-refractivity contribution in [1.82, 2.24) is 5.48 Å². The second kappa shape index (κ2) is 5.56. The van der Waals surface area contributed by atoms with E-state index >= 15 is 0 Å². The van der Waals surface area contributed by atoms with Crippen molar-refractivity contribution >= 4 is 0 Å². The fraction of sp³-hybridized carbons (Fsp3) is 1.00. The van der Waals surface area contributed by atoms with Gasteiger partial charge in [0.15, 0.2) is 0 Å². The molecule has 0 atom stereocenters. The molecule has 0 saturated heterocycles. The van der Waals surface area contributed by atoms with E-state index in [1.165, 1.54) is 38.5 Å². The minimum atomic E-state index is 0.369. The highest BCUT2D eigenvalue weighted by atomic mass is 16.5. The maximum atomic E-state index is 8.75. The van der Waals surface area contributed by atoms with E-state index in [1.54, 1.807) is 0 Å². The van der Waals surface area contributed by atoms with E-state index in [0.29, 0.717) is 6.04 Å². The normalized spacial score (nSPS) is 23.7.